The Morgan fingerprint density at radius 1 is 1.06 bits per heavy atom. The standard InChI is InChI=1S/C25H28IN7O2/c26-21-16-33(21)13-9-19(10-14-33)35-18-7-5-17(6-8-18)28-23-22-20(15-27-31-24(22)34)29-25(30-23)32-11-3-1-2-4-12-32/h5-8,15-16,19H,1-4,9-14H2,(H-,28,29,30,31,34)/p+1. The minimum Gasteiger partial charge on any atom is -0.490 e. The third-order valence-electron chi connectivity index (χ3n) is 7.23. The Hall–Kier alpha value is -2.73. The van der Waals surface area contributed by atoms with Crippen LogP contribution in [0.25, 0.3) is 10.9 Å². The number of ether oxygens (including phenoxy) is 1. The Balaban J connectivity index is 1.20. The summed E-state index contributed by atoms with van der Waals surface area (Å²) in [5.74, 6) is 2.00. The molecule has 0 amide bonds. The van der Waals surface area contributed by atoms with Crippen molar-refractivity contribution in [2.24, 2.45) is 0 Å². The Bertz CT molecular complexity index is 1310. The molecular formula is C25H29IN7O2+. The number of nitrogens with zero attached hydrogens (tertiary/aromatic N) is 5. The zero-order valence-electron chi connectivity index (χ0n) is 19.5. The van der Waals surface area contributed by atoms with Gasteiger partial charge in [-0.1, -0.05) is 12.8 Å². The molecule has 10 heteroatoms. The lowest BCUT2D eigenvalue weighted by atomic mass is 10.1. The van der Waals surface area contributed by atoms with Gasteiger partial charge in [-0.3, -0.25) is 4.79 Å². The minimum atomic E-state index is -0.305. The van der Waals surface area contributed by atoms with Crippen molar-refractivity contribution in [3.63, 3.8) is 0 Å². The number of hydrogen-bond donors (Lipinski definition) is 2. The number of nitrogens with one attached hydrogen (secondary N) is 2. The summed E-state index contributed by atoms with van der Waals surface area (Å²) in [7, 11) is 0. The quantitative estimate of drug-likeness (QED) is 0.259. The molecule has 3 aromatic rings. The van der Waals surface area contributed by atoms with Gasteiger partial charge in [0.1, 0.15) is 28.6 Å². The van der Waals surface area contributed by atoms with Gasteiger partial charge in [0, 0.05) is 54.2 Å². The van der Waals surface area contributed by atoms with E-state index in [2.05, 4.69) is 54.2 Å². The van der Waals surface area contributed by atoms with E-state index in [1.165, 1.54) is 16.5 Å². The first kappa shape index (κ1) is 22.7. The molecule has 9 nitrogen and oxygen atoms in total. The average molecular weight is 586 g/mol. The minimum absolute atomic E-state index is 0.254. The maximum Gasteiger partial charge on any atom is 0.277 e. The molecule has 2 aromatic heterocycles. The molecule has 0 saturated carbocycles. The summed E-state index contributed by atoms with van der Waals surface area (Å²) in [5.41, 5.74) is 1.07. The number of benzene rings is 1. The number of fused-ring (bicyclic) bond motifs is 1. The Kier molecular flexibility index (Phi) is 6.09. The zero-order valence-corrected chi connectivity index (χ0v) is 21.7. The van der Waals surface area contributed by atoms with Gasteiger partial charge in [0.25, 0.3) is 5.56 Å². The molecule has 1 aromatic carbocycles. The van der Waals surface area contributed by atoms with Gasteiger partial charge in [0.05, 0.1) is 19.3 Å². The average Bonchev–Trinajstić information content (AvgIpc) is 3.58. The van der Waals surface area contributed by atoms with Crippen LogP contribution in [0, 0.1) is 0 Å². The second kappa shape index (κ2) is 9.38. The molecule has 0 aliphatic carbocycles. The highest BCUT2D eigenvalue weighted by atomic mass is 127. The van der Waals surface area contributed by atoms with Crippen LogP contribution in [0.2, 0.25) is 0 Å². The van der Waals surface area contributed by atoms with Crippen molar-refractivity contribution in [1.82, 2.24) is 20.2 Å². The highest BCUT2D eigenvalue weighted by molar-refractivity contribution is 14.1. The number of aromatic nitrogens is 4. The zero-order chi connectivity index (χ0) is 23.8. The Labute approximate surface area is 217 Å². The number of anilines is 3. The van der Waals surface area contributed by atoms with E-state index in [4.69, 9.17) is 9.72 Å². The van der Waals surface area contributed by atoms with Gasteiger partial charge in [-0.15, -0.1) is 0 Å². The summed E-state index contributed by atoms with van der Waals surface area (Å²) in [4.78, 5) is 24.3. The molecule has 0 radical (unpaired) electrons. The molecule has 0 bridgehead atoms. The van der Waals surface area contributed by atoms with Crippen molar-refractivity contribution in [2.45, 2.75) is 44.6 Å². The Morgan fingerprint density at radius 2 is 1.77 bits per heavy atom. The molecule has 1 spiro atoms. The number of hydrogen-bond acceptors (Lipinski definition) is 7. The number of H-pyrrole nitrogens is 1. The molecular weight excluding hydrogens is 557 g/mol. The van der Waals surface area contributed by atoms with Crippen molar-refractivity contribution in [2.75, 3.05) is 36.4 Å². The molecule has 2 N–H and O–H groups in total. The molecule has 0 atom stereocenters. The molecule has 0 unspecified atom stereocenters. The first-order chi connectivity index (χ1) is 17.1. The molecule has 35 heavy (non-hydrogen) atoms. The molecule has 3 aliphatic rings. The van der Waals surface area contributed by atoms with E-state index in [9.17, 15) is 4.79 Å². The third kappa shape index (κ3) is 4.73. The fraction of sp³-hybridized carbons (Fsp3) is 0.440. The Morgan fingerprint density at radius 3 is 2.46 bits per heavy atom. The number of aromatic amines is 1. The SMILES string of the molecule is O=c1[nH]ncc2nc(N3CCCCCC3)nc(Nc3ccc(OC4CC[N+]5(C=C5I)CC4)cc3)c12. The summed E-state index contributed by atoms with van der Waals surface area (Å²) < 4.78 is 8.79. The van der Waals surface area contributed by atoms with E-state index in [1.807, 2.05) is 24.3 Å². The second-order valence-corrected chi connectivity index (χ2v) is 10.7. The van der Waals surface area contributed by atoms with E-state index in [1.54, 1.807) is 6.20 Å². The van der Waals surface area contributed by atoms with E-state index >= 15 is 0 Å². The molecule has 182 valence electrons. The van der Waals surface area contributed by atoms with Gasteiger partial charge in [-0.25, -0.2) is 14.6 Å². The predicted molar refractivity (Wildman–Crippen MR) is 144 cm³/mol. The van der Waals surface area contributed by atoms with Gasteiger partial charge in [0.2, 0.25) is 9.65 Å². The van der Waals surface area contributed by atoms with Crippen LogP contribution in [0.3, 0.4) is 0 Å². The number of piperidine rings is 1. The largest absolute Gasteiger partial charge is 0.490 e. The molecule has 2 saturated heterocycles. The van der Waals surface area contributed by atoms with Crippen LogP contribution >= 0.6 is 22.6 Å². The van der Waals surface area contributed by atoms with Crippen LogP contribution in [0.4, 0.5) is 17.5 Å². The lowest BCUT2D eigenvalue weighted by Crippen LogP contribution is -2.40. The molecule has 6 rings (SSSR count). The smallest absolute Gasteiger partial charge is 0.277 e. The van der Waals surface area contributed by atoms with Crippen molar-refractivity contribution in [1.29, 1.82) is 0 Å². The first-order valence-corrected chi connectivity index (χ1v) is 13.5. The number of quaternary nitrogens is 1. The lowest BCUT2D eigenvalue weighted by molar-refractivity contribution is -0.777. The highest BCUT2D eigenvalue weighted by Gasteiger charge is 2.47. The summed E-state index contributed by atoms with van der Waals surface area (Å²) in [5, 5.41) is 10.2. The van der Waals surface area contributed by atoms with Gasteiger partial charge < -0.3 is 15.0 Å². The fourth-order valence-electron chi connectivity index (χ4n) is 5.08. The van der Waals surface area contributed by atoms with Crippen molar-refractivity contribution >= 4 is 50.9 Å². The van der Waals surface area contributed by atoms with Crippen LogP contribution < -0.4 is 20.5 Å². The van der Waals surface area contributed by atoms with E-state index in [0.29, 0.717) is 22.7 Å². The van der Waals surface area contributed by atoms with Crippen molar-refractivity contribution < 1.29 is 9.22 Å². The van der Waals surface area contributed by atoms with Crippen LogP contribution in [-0.4, -0.2) is 56.9 Å². The summed E-state index contributed by atoms with van der Waals surface area (Å²) in [6.07, 6.45) is 11.0. The highest BCUT2D eigenvalue weighted by Crippen LogP contribution is 2.42. The molecule has 3 aliphatic heterocycles. The van der Waals surface area contributed by atoms with Crippen LogP contribution in [-0.2, 0) is 0 Å². The topological polar surface area (TPSA) is 96.0 Å². The second-order valence-electron chi connectivity index (χ2n) is 9.63. The normalized spacial score (nSPS) is 24.2. The van der Waals surface area contributed by atoms with Gasteiger partial charge >= 0.3 is 0 Å². The number of rotatable bonds is 5. The lowest BCUT2D eigenvalue weighted by Gasteiger charge is -2.30. The fourth-order valence-corrected chi connectivity index (χ4v) is 6.10. The van der Waals surface area contributed by atoms with Crippen molar-refractivity contribution in [3.8, 4) is 5.75 Å². The van der Waals surface area contributed by atoms with Crippen LogP contribution in [0.5, 0.6) is 5.75 Å². The van der Waals surface area contributed by atoms with Gasteiger partial charge in [-0.05, 0) is 37.1 Å². The maximum atomic E-state index is 12.6. The molecule has 5 heterocycles. The predicted octanol–water partition coefficient (Wildman–Crippen LogP) is 4.44. The van der Waals surface area contributed by atoms with E-state index in [-0.39, 0.29) is 11.7 Å². The summed E-state index contributed by atoms with van der Waals surface area (Å²) in [6.45, 7) is 4.10. The third-order valence-corrected chi connectivity index (χ3v) is 8.46. The first-order valence-electron chi connectivity index (χ1n) is 12.4. The molecule has 2 fully saturated rings. The van der Waals surface area contributed by atoms with E-state index < -0.39 is 0 Å². The van der Waals surface area contributed by atoms with Gasteiger partial charge in [-0.2, -0.15) is 10.1 Å². The van der Waals surface area contributed by atoms with Crippen molar-refractivity contribution in [3.05, 3.63) is 50.7 Å². The van der Waals surface area contributed by atoms with Crippen LogP contribution in [0.15, 0.2) is 45.2 Å². The van der Waals surface area contributed by atoms with Crippen LogP contribution in [0.1, 0.15) is 38.5 Å². The summed E-state index contributed by atoms with van der Waals surface area (Å²) >= 11 is 2.44. The maximum absolute atomic E-state index is 12.6. The van der Waals surface area contributed by atoms with Gasteiger partial charge in [0.15, 0.2) is 6.20 Å². The summed E-state index contributed by atoms with van der Waals surface area (Å²) in [6, 6.07) is 7.89. The van der Waals surface area contributed by atoms with E-state index in [0.717, 1.165) is 67.8 Å². The number of halogens is 1. The monoisotopic (exact) mass is 586 g/mol.